The predicted octanol–water partition coefficient (Wildman–Crippen LogP) is 1.73. The Morgan fingerprint density at radius 1 is 1.03 bits per heavy atom. The summed E-state index contributed by atoms with van der Waals surface area (Å²) in [6, 6.07) is 7.49. The van der Waals surface area contributed by atoms with Crippen molar-refractivity contribution in [3.63, 3.8) is 0 Å². The molecule has 0 spiro atoms. The highest BCUT2D eigenvalue weighted by Crippen LogP contribution is 2.07. The summed E-state index contributed by atoms with van der Waals surface area (Å²) in [5, 5.41) is 5.31. The van der Waals surface area contributed by atoms with Crippen LogP contribution in [0.15, 0.2) is 36.4 Å². The van der Waals surface area contributed by atoms with Crippen molar-refractivity contribution in [3.8, 4) is 0 Å². The fourth-order valence-electron chi connectivity index (χ4n) is 2.79. The number of carbonyl (C=O) groups excluding carboxylic acids is 4. The van der Waals surface area contributed by atoms with E-state index >= 15 is 0 Å². The molecule has 0 aliphatic heterocycles. The normalized spacial score (nSPS) is 12.9. The number of unbranched alkanes of at least 4 members (excludes halogenated alkanes) is 1. The number of carbonyl (C=O) groups is 4. The predicted molar refractivity (Wildman–Crippen MR) is 119 cm³/mol. The molecule has 2 atom stereocenters. The molecule has 0 aliphatic carbocycles. The number of nitrogens with one attached hydrogen (secondary N) is 2. The molecule has 0 aromatic heterocycles. The second-order valence-electron chi connectivity index (χ2n) is 7.38. The first kappa shape index (κ1) is 26.0. The summed E-state index contributed by atoms with van der Waals surface area (Å²) in [6.45, 7) is 3.87. The van der Waals surface area contributed by atoms with E-state index in [-0.39, 0.29) is 18.9 Å². The lowest BCUT2D eigenvalue weighted by Crippen LogP contribution is -2.52. The second-order valence-corrected chi connectivity index (χ2v) is 7.38. The van der Waals surface area contributed by atoms with E-state index in [9.17, 15) is 19.2 Å². The molecule has 170 valence electrons. The van der Waals surface area contributed by atoms with Gasteiger partial charge in [0.05, 0.1) is 6.10 Å². The maximum atomic E-state index is 12.8. The number of benzene rings is 1. The number of ether oxygens (including phenoxy) is 1. The van der Waals surface area contributed by atoms with Crippen molar-refractivity contribution in [2.24, 2.45) is 5.73 Å². The summed E-state index contributed by atoms with van der Waals surface area (Å²) >= 11 is 0. The molecule has 8 heteroatoms. The molecule has 0 heterocycles. The van der Waals surface area contributed by atoms with Crippen LogP contribution in [0.5, 0.6) is 0 Å². The van der Waals surface area contributed by atoms with E-state index in [1.54, 1.807) is 19.9 Å². The van der Waals surface area contributed by atoms with Gasteiger partial charge in [0.2, 0.25) is 11.8 Å². The van der Waals surface area contributed by atoms with Crippen LogP contribution in [0, 0.1) is 0 Å². The number of hydrogen-bond acceptors (Lipinski definition) is 6. The zero-order valence-corrected chi connectivity index (χ0v) is 18.2. The highest BCUT2D eigenvalue weighted by Gasteiger charge is 2.27. The molecule has 1 aromatic carbocycles. The Morgan fingerprint density at radius 2 is 1.74 bits per heavy atom. The molecular weight excluding hydrogens is 398 g/mol. The molecule has 0 fully saturated rings. The lowest BCUT2D eigenvalue weighted by Gasteiger charge is -2.22. The van der Waals surface area contributed by atoms with Gasteiger partial charge < -0.3 is 25.9 Å². The topological polar surface area (TPSA) is 128 Å². The van der Waals surface area contributed by atoms with E-state index in [0.717, 1.165) is 5.56 Å². The maximum absolute atomic E-state index is 12.8. The number of amides is 2. The smallest absolute Gasteiger partial charge is 0.328 e. The number of hydrogen-bond donors (Lipinski definition) is 3. The molecule has 0 saturated carbocycles. The van der Waals surface area contributed by atoms with Crippen LogP contribution in [-0.2, 0) is 23.9 Å². The minimum Gasteiger partial charge on any atom is -0.461 e. The van der Waals surface area contributed by atoms with E-state index in [2.05, 4.69) is 10.6 Å². The van der Waals surface area contributed by atoms with Gasteiger partial charge in [-0.05, 0) is 57.7 Å². The van der Waals surface area contributed by atoms with Gasteiger partial charge in [-0.15, -0.1) is 0 Å². The molecule has 0 bridgehead atoms. The summed E-state index contributed by atoms with van der Waals surface area (Å²) in [5.74, 6) is -1.54. The Bertz CT molecular complexity index is 734. The zero-order valence-electron chi connectivity index (χ0n) is 18.2. The van der Waals surface area contributed by atoms with E-state index in [1.807, 2.05) is 30.3 Å². The van der Waals surface area contributed by atoms with Crippen molar-refractivity contribution in [2.75, 3.05) is 6.54 Å². The SMILES string of the molecule is CC(C)OC(=O)C(CCC=O)NC(=O)[C@H](CCCCN)NC(=O)/C=C/c1ccccc1. The van der Waals surface area contributed by atoms with E-state index in [1.165, 1.54) is 6.08 Å². The van der Waals surface area contributed by atoms with Crippen LogP contribution in [0.2, 0.25) is 0 Å². The fraction of sp³-hybridized carbons (Fsp3) is 0.478. The Kier molecular flexibility index (Phi) is 12.5. The van der Waals surface area contributed by atoms with Crippen LogP contribution in [0.4, 0.5) is 0 Å². The fourth-order valence-corrected chi connectivity index (χ4v) is 2.79. The van der Waals surface area contributed by atoms with E-state index in [0.29, 0.717) is 32.1 Å². The molecule has 1 unspecified atom stereocenters. The van der Waals surface area contributed by atoms with E-state index in [4.69, 9.17) is 10.5 Å². The van der Waals surface area contributed by atoms with Gasteiger partial charge in [-0.3, -0.25) is 9.59 Å². The van der Waals surface area contributed by atoms with Crippen LogP contribution in [-0.4, -0.2) is 48.8 Å². The number of aldehydes is 1. The third kappa shape index (κ3) is 11.1. The van der Waals surface area contributed by atoms with Crippen molar-refractivity contribution in [2.45, 2.75) is 64.1 Å². The molecule has 8 nitrogen and oxygen atoms in total. The highest BCUT2D eigenvalue weighted by molar-refractivity contribution is 5.96. The first-order valence-corrected chi connectivity index (χ1v) is 10.6. The minimum absolute atomic E-state index is 0.0994. The monoisotopic (exact) mass is 431 g/mol. The third-order valence-electron chi connectivity index (χ3n) is 4.33. The Morgan fingerprint density at radius 3 is 2.35 bits per heavy atom. The molecule has 0 aliphatic rings. The molecule has 0 saturated heterocycles. The molecule has 1 aromatic rings. The second kappa shape index (κ2) is 14.9. The molecular formula is C23H33N3O5. The van der Waals surface area contributed by atoms with Crippen molar-refractivity contribution in [1.29, 1.82) is 0 Å². The van der Waals surface area contributed by atoms with Crippen molar-refractivity contribution in [3.05, 3.63) is 42.0 Å². The molecule has 1 rings (SSSR count). The first-order chi connectivity index (χ1) is 14.9. The number of nitrogens with two attached hydrogens (primary N) is 1. The van der Waals surface area contributed by atoms with Gasteiger partial charge in [0.1, 0.15) is 18.4 Å². The lowest BCUT2D eigenvalue weighted by atomic mass is 10.1. The van der Waals surface area contributed by atoms with Gasteiger partial charge in [-0.2, -0.15) is 0 Å². The van der Waals surface area contributed by atoms with Gasteiger partial charge in [0.25, 0.3) is 0 Å². The third-order valence-corrected chi connectivity index (χ3v) is 4.33. The molecule has 0 radical (unpaired) electrons. The Balaban J connectivity index is 2.83. The van der Waals surface area contributed by atoms with Crippen LogP contribution in [0.1, 0.15) is 51.5 Å². The van der Waals surface area contributed by atoms with Gasteiger partial charge in [0, 0.05) is 12.5 Å². The largest absolute Gasteiger partial charge is 0.461 e. The van der Waals surface area contributed by atoms with Gasteiger partial charge in [0.15, 0.2) is 0 Å². The van der Waals surface area contributed by atoms with Crippen LogP contribution >= 0.6 is 0 Å². The number of rotatable bonds is 14. The van der Waals surface area contributed by atoms with Gasteiger partial charge in [-0.1, -0.05) is 30.3 Å². The maximum Gasteiger partial charge on any atom is 0.328 e. The van der Waals surface area contributed by atoms with Crippen LogP contribution in [0.25, 0.3) is 6.08 Å². The first-order valence-electron chi connectivity index (χ1n) is 10.6. The average Bonchev–Trinajstić information content (AvgIpc) is 2.74. The quantitative estimate of drug-likeness (QED) is 0.178. The average molecular weight is 432 g/mol. The molecule has 2 amide bonds. The lowest BCUT2D eigenvalue weighted by molar-refractivity contribution is -0.151. The van der Waals surface area contributed by atoms with Gasteiger partial charge >= 0.3 is 5.97 Å². The summed E-state index contributed by atoms with van der Waals surface area (Å²) < 4.78 is 5.17. The molecule has 4 N–H and O–H groups in total. The molecule has 31 heavy (non-hydrogen) atoms. The minimum atomic E-state index is -0.964. The summed E-state index contributed by atoms with van der Waals surface area (Å²) in [7, 11) is 0. The van der Waals surface area contributed by atoms with Crippen molar-refractivity contribution in [1.82, 2.24) is 10.6 Å². The standard InChI is InChI=1S/C23H33N3O5/c1-17(2)31-23(30)20(12-8-16-27)26-22(29)19(11-6-7-15-24)25-21(28)14-13-18-9-4-3-5-10-18/h3-5,9-10,13-14,16-17,19-20H,6-8,11-12,15,24H2,1-2H3,(H,25,28)(H,26,29)/b14-13+/t19-,20?/m0/s1. The summed E-state index contributed by atoms with van der Waals surface area (Å²) in [4.78, 5) is 48.2. The van der Waals surface area contributed by atoms with Crippen LogP contribution < -0.4 is 16.4 Å². The van der Waals surface area contributed by atoms with Gasteiger partial charge in [-0.25, -0.2) is 4.79 Å². The van der Waals surface area contributed by atoms with Crippen molar-refractivity contribution < 1.29 is 23.9 Å². The Labute approximate surface area is 183 Å². The Hall–Kier alpha value is -3.00. The summed E-state index contributed by atoms with van der Waals surface area (Å²) in [6.07, 6.45) is 5.25. The number of esters is 1. The van der Waals surface area contributed by atoms with E-state index < -0.39 is 29.9 Å². The highest BCUT2D eigenvalue weighted by atomic mass is 16.5. The summed E-state index contributed by atoms with van der Waals surface area (Å²) in [5.41, 5.74) is 6.39. The van der Waals surface area contributed by atoms with Crippen molar-refractivity contribution >= 4 is 30.1 Å². The zero-order chi connectivity index (χ0) is 23.1. The van der Waals surface area contributed by atoms with Crippen LogP contribution in [0.3, 0.4) is 0 Å².